The molecule has 2 amide bonds. The Hall–Kier alpha value is -3.15. The number of benzene rings is 2. The first-order chi connectivity index (χ1) is 12.0. The lowest BCUT2D eigenvalue weighted by Crippen LogP contribution is -2.46. The molecule has 0 saturated heterocycles. The lowest BCUT2D eigenvalue weighted by Gasteiger charge is -2.14. The Morgan fingerprint density at radius 2 is 1.76 bits per heavy atom. The van der Waals surface area contributed by atoms with Crippen LogP contribution >= 0.6 is 0 Å². The summed E-state index contributed by atoms with van der Waals surface area (Å²) in [6.45, 7) is 3.46. The van der Waals surface area contributed by atoms with Crippen LogP contribution in [-0.4, -0.2) is 17.9 Å². The SMILES string of the molecule is Cc1ccccc1/C=C/C(=O)NNC(=O)[C@@H](C)Oc1ccc(F)cc1. The molecule has 0 aromatic heterocycles. The number of halogens is 1. The van der Waals surface area contributed by atoms with Crippen LogP contribution in [0.3, 0.4) is 0 Å². The largest absolute Gasteiger partial charge is 0.481 e. The van der Waals surface area contributed by atoms with Gasteiger partial charge in [-0.1, -0.05) is 24.3 Å². The first kappa shape index (κ1) is 18.2. The number of rotatable bonds is 5. The van der Waals surface area contributed by atoms with Crippen molar-refractivity contribution in [1.29, 1.82) is 0 Å². The highest BCUT2D eigenvalue weighted by Gasteiger charge is 2.14. The molecule has 6 heteroatoms. The van der Waals surface area contributed by atoms with Crippen LogP contribution in [0.25, 0.3) is 6.08 Å². The Balaban J connectivity index is 1.81. The molecule has 0 fully saturated rings. The topological polar surface area (TPSA) is 67.4 Å². The molecule has 2 aromatic rings. The quantitative estimate of drug-likeness (QED) is 0.648. The van der Waals surface area contributed by atoms with Gasteiger partial charge in [0.25, 0.3) is 11.8 Å². The van der Waals surface area contributed by atoms with Gasteiger partial charge in [0.1, 0.15) is 11.6 Å². The van der Waals surface area contributed by atoms with E-state index in [0.717, 1.165) is 11.1 Å². The van der Waals surface area contributed by atoms with Gasteiger partial charge in [-0.25, -0.2) is 4.39 Å². The van der Waals surface area contributed by atoms with E-state index in [1.165, 1.54) is 37.3 Å². The Kier molecular flexibility index (Phi) is 6.28. The van der Waals surface area contributed by atoms with Gasteiger partial charge < -0.3 is 4.74 Å². The number of hydrazine groups is 1. The summed E-state index contributed by atoms with van der Waals surface area (Å²) in [5.41, 5.74) is 6.51. The van der Waals surface area contributed by atoms with Crippen LogP contribution in [-0.2, 0) is 9.59 Å². The minimum atomic E-state index is -0.855. The highest BCUT2D eigenvalue weighted by Crippen LogP contribution is 2.13. The van der Waals surface area contributed by atoms with Crippen molar-refractivity contribution >= 4 is 17.9 Å². The van der Waals surface area contributed by atoms with E-state index in [1.807, 2.05) is 31.2 Å². The molecule has 0 aliphatic rings. The summed E-state index contributed by atoms with van der Waals surface area (Å²) in [6, 6.07) is 12.9. The van der Waals surface area contributed by atoms with Gasteiger partial charge in [0.15, 0.2) is 6.10 Å². The predicted molar refractivity (Wildman–Crippen MR) is 93.0 cm³/mol. The molecule has 0 radical (unpaired) electrons. The Morgan fingerprint density at radius 1 is 1.08 bits per heavy atom. The molecule has 0 unspecified atom stereocenters. The van der Waals surface area contributed by atoms with E-state index in [-0.39, 0.29) is 0 Å². The Bertz CT molecular complexity index is 772. The van der Waals surface area contributed by atoms with Crippen molar-refractivity contribution in [3.63, 3.8) is 0 Å². The van der Waals surface area contributed by atoms with E-state index in [0.29, 0.717) is 5.75 Å². The van der Waals surface area contributed by atoms with E-state index in [9.17, 15) is 14.0 Å². The molecule has 2 N–H and O–H groups in total. The summed E-state index contributed by atoms with van der Waals surface area (Å²) >= 11 is 0. The number of carbonyl (C=O) groups is 2. The van der Waals surface area contributed by atoms with Crippen LogP contribution in [0.1, 0.15) is 18.1 Å². The van der Waals surface area contributed by atoms with Gasteiger partial charge in [-0.2, -0.15) is 0 Å². The maximum atomic E-state index is 12.8. The Morgan fingerprint density at radius 3 is 2.44 bits per heavy atom. The van der Waals surface area contributed by atoms with E-state index in [2.05, 4.69) is 10.9 Å². The summed E-state index contributed by atoms with van der Waals surface area (Å²) in [5, 5.41) is 0. The molecule has 0 heterocycles. The zero-order valence-corrected chi connectivity index (χ0v) is 14.0. The first-order valence-electron chi connectivity index (χ1n) is 7.71. The van der Waals surface area contributed by atoms with Crippen molar-refractivity contribution in [1.82, 2.24) is 10.9 Å². The van der Waals surface area contributed by atoms with Gasteiger partial charge in [0.2, 0.25) is 0 Å². The normalized spacial score (nSPS) is 11.8. The van der Waals surface area contributed by atoms with Crippen LogP contribution < -0.4 is 15.6 Å². The summed E-state index contributed by atoms with van der Waals surface area (Å²) in [6.07, 6.45) is 2.13. The van der Waals surface area contributed by atoms with Gasteiger partial charge in [0.05, 0.1) is 0 Å². The smallest absolute Gasteiger partial charge is 0.279 e. The van der Waals surface area contributed by atoms with Crippen molar-refractivity contribution in [2.75, 3.05) is 0 Å². The van der Waals surface area contributed by atoms with Crippen LogP contribution in [0.5, 0.6) is 5.75 Å². The molecule has 2 aromatic carbocycles. The number of aryl methyl sites for hydroxylation is 1. The second kappa shape index (κ2) is 8.63. The fourth-order valence-electron chi connectivity index (χ4n) is 1.98. The lowest BCUT2D eigenvalue weighted by atomic mass is 10.1. The van der Waals surface area contributed by atoms with Crippen LogP contribution in [0.15, 0.2) is 54.6 Å². The summed E-state index contributed by atoms with van der Waals surface area (Å²) < 4.78 is 18.2. The molecule has 0 spiro atoms. The molecular formula is C19H19FN2O3. The van der Waals surface area contributed by atoms with Gasteiger partial charge in [-0.05, 0) is 55.3 Å². The Labute approximate surface area is 145 Å². The fraction of sp³-hybridized carbons (Fsp3) is 0.158. The lowest BCUT2D eigenvalue weighted by molar-refractivity contribution is -0.131. The van der Waals surface area contributed by atoms with E-state index in [4.69, 9.17) is 4.74 Å². The number of amides is 2. The predicted octanol–water partition coefficient (Wildman–Crippen LogP) is 2.76. The van der Waals surface area contributed by atoms with Crippen molar-refractivity contribution in [2.45, 2.75) is 20.0 Å². The molecule has 1 atom stereocenters. The molecule has 0 bridgehead atoms. The molecular weight excluding hydrogens is 323 g/mol. The van der Waals surface area contributed by atoms with Crippen molar-refractivity contribution in [3.05, 3.63) is 71.6 Å². The fourth-order valence-corrected chi connectivity index (χ4v) is 1.98. The van der Waals surface area contributed by atoms with Crippen LogP contribution in [0.2, 0.25) is 0 Å². The minimum Gasteiger partial charge on any atom is -0.481 e. The highest BCUT2D eigenvalue weighted by molar-refractivity contribution is 5.93. The van der Waals surface area contributed by atoms with Gasteiger partial charge >= 0.3 is 0 Å². The molecule has 130 valence electrons. The molecule has 0 saturated carbocycles. The molecule has 25 heavy (non-hydrogen) atoms. The monoisotopic (exact) mass is 342 g/mol. The number of hydrogen-bond acceptors (Lipinski definition) is 3. The third-order valence-electron chi connectivity index (χ3n) is 3.41. The maximum Gasteiger partial charge on any atom is 0.279 e. The van der Waals surface area contributed by atoms with Crippen LogP contribution in [0, 0.1) is 12.7 Å². The number of ether oxygens (including phenoxy) is 1. The number of hydrogen-bond donors (Lipinski definition) is 2. The third kappa shape index (κ3) is 5.76. The maximum absolute atomic E-state index is 12.8. The first-order valence-corrected chi connectivity index (χ1v) is 7.71. The molecule has 0 aliphatic heterocycles. The molecule has 2 rings (SSSR count). The van der Waals surface area contributed by atoms with Gasteiger partial charge in [-0.3, -0.25) is 20.4 Å². The number of nitrogens with one attached hydrogen (secondary N) is 2. The van der Waals surface area contributed by atoms with E-state index < -0.39 is 23.7 Å². The summed E-state index contributed by atoms with van der Waals surface area (Å²) in [5.74, 6) is -1.03. The second-order valence-corrected chi connectivity index (χ2v) is 5.38. The molecule has 0 aliphatic carbocycles. The van der Waals surface area contributed by atoms with Crippen LogP contribution in [0.4, 0.5) is 4.39 Å². The summed E-state index contributed by atoms with van der Waals surface area (Å²) in [4.78, 5) is 23.7. The minimum absolute atomic E-state index is 0.356. The zero-order valence-electron chi connectivity index (χ0n) is 14.0. The van der Waals surface area contributed by atoms with Gasteiger partial charge in [-0.15, -0.1) is 0 Å². The van der Waals surface area contributed by atoms with E-state index >= 15 is 0 Å². The van der Waals surface area contributed by atoms with E-state index in [1.54, 1.807) is 6.08 Å². The third-order valence-corrected chi connectivity index (χ3v) is 3.41. The van der Waals surface area contributed by atoms with Crippen molar-refractivity contribution in [2.24, 2.45) is 0 Å². The zero-order chi connectivity index (χ0) is 18.2. The van der Waals surface area contributed by atoms with Crippen molar-refractivity contribution in [3.8, 4) is 5.75 Å². The van der Waals surface area contributed by atoms with Gasteiger partial charge in [0, 0.05) is 6.08 Å². The number of carbonyl (C=O) groups excluding carboxylic acids is 2. The summed E-state index contributed by atoms with van der Waals surface area (Å²) in [7, 11) is 0. The second-order valence-electron chi connectivity index (χ2n) is 5.38. The highest BCUT2D eigenvalue weighted by atomic mass is 19.1. The average molecular weight is 342 g/mol. The standard InChI is InChI=1S/C19H19FN2O3/c1-13-5-3-4-6-15(13)7-12-18(23)21-22-19(24)14(2)25-17-10-8-16(20)9-11-17/h3-12,14H,1-2H3,(H,21,23)(H,22,24)/b12-7+/t14-/m1/s1. The molecule has 5 nitrogen and oxygen atoms in total. The van der Waals surface area contributed by atoms with Crippen molar-refractivity contribution < 1.29 is 18.7 Å². The average Bonchev–Trinajstić information content (AvgIpc) is 2.60.